The van der Waals surface area contributed by atoms with E-state index in [1.54, 1.807) is 12.1 Å². The summed E-state index contributed by atoms with van der Waals surface area (Å²) in [4.78, 5) is 13.4. The van der Waals surface area contributed by atoms with Gasteiger partial charge in [0, 0.05) is 19.1 Å². The second-order valence-corrected chi connectivity index (χ2v) is 6.30. The highest BCUT2D eigenvalue weighted by Crippen LogP contribution is 2.24. The van der Waals surface area contributed by atoms with Crippen molar-refractivity contribution < 1.29 is 9.90 Å². The summed E-state index contributed by atoms with van der Waals surface area (Å²) in [5.74, 6) is -0.882. The Balaban J connectivity index is 1.60. The molecule has 0 spiro atoms. The van der Waals surface area contributed by atoms with Gasteiger partial charge in [-0.25, -0.2) is 4.79 Å². The van der Waals surface area contributed by atoms with Crippen molar-refractivity contribution in [2.45, 2.75) is 25.4 Å². The first-order chi connectivity index (χ1) is 11.7. The van der Waals surface area contributed by atoms with Crippen LogP contribution in [0, 0.1) is 0 Å². The third-order valence-electron chi connectivity index (χ3n) is 4.63. The van der Waals surface area contributed by atoms with Gasteiger partial charge in [0.05, 0.1) is 5.56 Å². The van der Waals surface area contributed by atoms with Crippen LogP contribution in [0.3, 0.4) is 0 Å². The molecular weight excluding hydrogens is 300 g/mol. The van der Waals surface area contributed by atoms with E-state index in [0.29, 0.717) is 11.6 Å². The molecule has 2 N–H and O–H groups in total. The minimum atomic E-state index is -0.882. The number of aromatic carboxylic acids is 1. The van der Waals surface area contributed by atoms with Crippen molar-refractivity contribution in [3.8, 4) is 0 Å². The zero-order chi connectivity index (χ0) is 16.8. The van der Waals surface area contributed by atoms with Gasteiger partial charge in [0.1, 0.15) is 0 Å². The molecule has 1 atom stereocenters. The summed E-state index contributed by atoms with van der Waals surface area (Å²) in [5.41, 5.74) is 2.79. The number of carbonyl (C=O) groups is 1. The monoisotopic (exact) mass is 324 g/mol. The van der Waals surface area contributed by atoms with E-state index in [1.165, 1.54) is 18.4 Å². The summed E-state index contributed by atoms with van der Waals surface area (Å²) >= 11 is 0. The molecule has 0 bridgehead atoms. The van der Waals surface area contributed by atoms with Crippen LogP contribution >= 0.6 is 0 Å². The van der Waals surface area contributed by atoms with E-state index in [-0.39, 0.29) is 0 Å². The zero-order valence-electron chi connectivity index (χ0n) is 13.8. The number of carboxylic acids is 1. The maximum absolute atomic E-state index is 10.9. The lowest BCUT2D eigenvalue weighted by molar-refractivity contribution is 0.0697. The molecule has 2 aromatic rings. The van der Waals surface area contributed by atoms with Gasteiger partial charge < -0.3 is 10.4 Å². The maximum atomic E-state index is 10.9. The van der Waals surface area contributed by atoms with Gasteiger partial charge in [-0.3, -0.25) is 4.90 Å². The van der Waals surface area contributed by atoms with Gasteiger partial charge in [0.25, 0.3) is 0 Å². The van der Waals surface area contributed by atoms with Gasteiger partial charge in [-0.1, -0.05) is 42.5 Å². The molecule has 2 aromatic carbocycles. The first kappa shape index (κ1) is 16.7. The van der Waals surface area contributed by atoms with Crippen LogP contribution in [0.1, 0.15) is 40.4 Å². The average molecular weight is 324 g/mol. The van der Waals surface area contributed by atoms with Crippen LogP contribution < -0.4 is 5.32 Å². The van der Waals surface area contributed by atoms with E-state index in [2.05, 4.69) is 40.5 Å². The second kappa shape index (κ2) is 8.08. The molecule has 0 radical (unpaired) electrons. The molecule has 1 aliphatic rings. The van der Waals surface area contributed by atoms with Gasteiger partial charge in [-0.05, 0) is 49.2 Å². The van der Waals surface area contributed by atoms with Crippen LogP contribution in [0.2, 0.25) is 0 Å². The lowest BCUT2D eigenvalue weighted by Crippen LogP contribution is -2.34. The number of carboxylic acid groups (broad SMARTS) is 1. The third kappa shape index (κ3) is 4.22. The van der Waals surface area contributed by atoms with Gasteiger partial charge in [0.15, 0.2) is 0 Å². The van der Waals surface area contributed by atoms with Gasteiger partial charge in [0.2, 0.25) is 0 Å². The summed E-state index contributed by atoms with van der Waals surface area (Å²) < 4.78 is 0. The highest BCUT2D eigenvalue weighted by molar-refractivity contribution is 5.87. The van der Waals surface area contributed by atoms with E-state index in [9.17, 15) is 4.79 Å². The molecule has 1 unspecified atom stereocenters. The van der Waals surface area contributed by atoms with Crippen LogP contribution in [0.25, 0.3) is 0 Å². The normalized spacial score (nSPS) is 16.2. The Hall–Kier alpha value is -2.17. The largest absolute Gasteiger partial charge is 0.478 e. The summed E-state index contributed by atoms with van der Waals surface area (Å²) in [6, 6.07) is 18.1. The Morgan fingerprint density at radius 2 is 1.71 bits per heavy atom. The van der Waals surface area contributed by atoms with Crippen molar-refractivity contribution in [2.75, 3.05) is 19.6 Å². The maximum Gasteiger partial charge on any atom is 0.335 e. The van der Waals surface area contributed by atoms with Crippen LogP contribution in [-0.2, 0) is 6.54 Å². The molecule has 1 saturated heterocycles. The lowest BCUT2D eigenvalue weighted by atomic mass is 10.1. The first-order valence-electron chi connectivity index (χ1n) is 8.56. The molecule has 0 amide bonds. The Bertz CT molecular complexity index is 649. The van der Waals surface area contributed by atoms with E-state index in [0.717, 1.165) is 31.7 Å². The second-order valence-electron chi connectivity index (χ2n) is 6.30. The van der Waals surface area contributed by atoms with Gasteiger partial charge in [-0.15, -0.1) is 0 Å². The van der Waals surface area contributed by atoms with E-state index >= 15 is 0 Å². The van der Waals surface area contributed by atoms with Crippen molar-refractivity contribution in [2.24, 2.45) is 0 Å². The topological polar surface area (TPSA) is 52.6 Å². The molecule has 126 valence electrons. The number of hydrogen-bond donors (Lipinski definition) is 2. The fourth-order valence-electron chi connectivity index (χ4n) is 3.30. The molecule has 1 heterocycles. The van der Waals surface area contributed by atoms with Gasteiger partial charge in [-0.2, -0.15) is 0 Å². The summed E-state index contributed by atoms with van der Waals surface area (Å²) in [7, 11) is 0. The van der Waals surface area contributed by atoms with E-state index in [4.69, 9.17) is 5.11 Å². The highest BCUT2D eigenvalue weighted by atomic mass is 16.4. The van der Waals surface area contributed by atoms with Gasteiger partial charge >= 0.3 is 5.97 Å². The number of nitrogens with zero attached hydrogens (tertiary/aromatic N) is 1. The molecule has 1 fully saturated rings. The first-order valence-corrected chi connectivity index (χ1v) is 8.56. The minimum absolute atomic E-state index is 0.331. The SMILES string of the molecule is O=C(O)c1ccc(CNCC(c2ccccc2)N2CCCC2)cc1. The number of likely N-dealkylation sites (tertiary alicyclic amines) is 1. The molecule has 3 rings (SSSR count). The molecule has 24 heavy (non-hydrogen) atoms. The Labute approximate surface area is 143 Å². The number of nitrogens with one attached hydrogen (secondary N) is 1. The fraction of sp³-hybridized carbons (Fsp3) is 0.350. The number of hydrogen-bond acceptors (Lipinski definition) is 3. The fourth-order valence-corrected chi connectivity index (χ4v) is 3.30. The summed E-state index contributed by atoms with van der Waals surface area (Å²) in [6.07, 6.45) is 2.56. The molecule has 4 heteroatoms. The lowest BCUT2D eigenvalue weighted by Gasteiger charge is -2.28. The number of rotatable bonds is 7. The van der Waals surface area contributed by atoms with Crippen LogP contribution in [0.4, 0.5) is 0 Å². The standard InChI is InChI=1S/C20H24N2O2/c23-20(24)18-10-8-16(9-11-18)14-21-15-19(22-12-4-5-13-22)17-6-2-1-3-7-17/h1-3,6-11,19,21H,4-5,12-15H2,(H,23,24). The van der Waals surface area contributed by atoms with E-state index < -0.39 is 5.97 Å². The third-order valence-corrected chi connectivity index (χ3v) is 4.63. The predicted molar refractivity (Wildman–Crippen MR) is 95.1 cm³/mol. The average Bonchev–Trinajstić information content (AvgIpc) is 3.14. The Kier molecular flexibility index (Phi) is 5.62. The van der Waals surface area contributed by atoms with Crippen molar-refractivity contribution in [3.63, 3.8) is 0 Å². The van der Waals surface area contributed by atoms with Crippen molar-refractivity contribution in [3.05, 3.63) is 71.3 Å². The summed E-state index contributed by atoms with van der Waals surface area (Å²) in [6.45, 7) is 3.96. The molecule has 0 aromatic heterocycles. The summed E-state index contributed by atoms with van der Waals surface area (Å²) in [5, 5.41) is 12.5. The quantitative estimate of drug-likeness (QED) is 0.820. The molecule has 0 saturated carbocycles. The van der Waals surface area contributed by atoms with E-state index in [1.807, 2.05) is 12.1 Å². The Morgan fingerprint density at radius 3 is 2.33 bits per heavy atom. The van der Waals surface area contributed by atoms with Crippen molar-refractivity contribution in [1.29, 1.82) is 0 Å². The minimum Gasteiger partial charge on any atom is -0.478 e. The van der Waals surface area contributed by atoms with Crippen molar-refractivity contribution in [1.82, 2.24) is 10.2 Å². The zero-order valence-corrected chi connectivity index (χ0v) is 13.8. The molecule has 4 nitrogen and oxygen atoms in total. The smallest absolute Gasteiger partial charge is 0.335 e. The van der Waals surface area contributed by atoms with Crippen LogP contribution in [0.5, 0.6) is 0 Å². The predicted octanol–water partition coefficient (Wildman–Crippen LogP) is 3.31. The van der Waals surface area contributed by atoms with Crippen LogP contribution in [0.15, 0.2) is 54.6 Å². The highest BCUT2D eigenvalue weighted by Gasteiger charge is 2.22. The van der Waals surface area contributed by atoms with Crippen LogP contribution in [-0.4, -0.2) is 35.6 Å². The molecular formula is C20H24N2O2. The molecule has 1 aliphatic heterocycles. The molecule has 0 aliphatic carbocycles. The van der Waals surface area contributed by atoms with Crippen molar-refractivity contribution >= 4 is 5.97 Å². The Morgan fingerprint density at radius 1 is 1.04 bits per heavy atom. The number of benzene rings is 2.